The van der Waals surface area contributed by atoms with Crippen molar-refractivity contribution >= 4 is 27.5 Å². The fourth-order valence-corrected chi connectivity index (χ4v) is 5.58. The molecule has 8 nitrogen and oxygen atoms in total. The number of anilines is 1. The van der Waals surface area contributed by atoms with Crippen LogP contribution in [0.3, 0.4) is 0 Å². The number of nitrogens with zero attached hydrogens (tertiary/aromatic N) is 2. The lowest BCUT2D eigenvalue weighted by molar-refractivity contribution is -0.139. The maximum Gasteiger partial charge on any atom is 0.264 e. The van der Waals surface area contributed by atoms with E-state index in [1.54, 1.807) is 43.3 Å². The van der Waals surface area contributed by atoms with Crippen LogP contribution in [0.25, 0.3) is 0 Å². The van der Waals surface area contributed by atoms with Crippen LogP contribution in [0.1, 0.15) is 43.9 Å². The average molecular weight is 566 g/mol. The molecule has 0 saturated heterocycles. The number of aryl methyl sites for hydroxylation is 2. The van der Waals surface area contributed by atoms with Gasteiger partial charge in [0.15, 0.2) is 0 Å². The Morgan fingerprint density at radius 1 is 0.925 bits per heavy atom. The molecule has 0 spiro atoms. The quantitative estimate of drug-likeness (QED) is 0.339. The SMILES string of the molecule is CC[C@H](C)NC(=O)[C@@H](C)N(Cc1cccc(C)c1)C(=O)CN(c1ccc(OC)cc1)S(=O)(=O)c1ccc(C)cc1. The van der Waals surface area contributed by atoms with E-state index in [0.29, 0.717) is 11.4 Å². The van der Waals surface area contributed by atoms with Crippen molar-refractivity contribution in [2.45, 2.75) is 64.6 Å². The highest BCUT2D eigenvalue weighted by atomic mass is 32.2. The molecule has 0 aliphatic rings. The van der Waals surface area contributed by atoms with Crippen molar-refractivity contribution < 1.29 is 22.7 Å². The number of benzene rings is 3. The van der Waals surface area contributed by atoms with E-state index in [2.05, 4.69) is 5.32 Å². The molecular formula is C31H39N3O5S. The standard InChI is InChI=1S/C31H39N3O5S/c1-7-24(4)32-31(36)25(5)33(20-26-10-8-9-23(3)19-26)30(35)21-34(27-13-15-28(39-6)16-14-27)40(37,38)29-17-11-22(2)12-18-29/h8-19,24-25H,7,20-21H2,1-6H3,(H,32,36)/t24-,25+/m0/s1. The fourth-order valence-electron chi connectivity index (χ4n) is 4.17. The van der Waals surface area contributed by atoms with Gasteiger partial charge >= 0.3 is 0 Å². The number of carbonyl (C=O) groups excluding carboxylic acids is 2. The Bertz CT molecular complexity index is 1410. The lowest BCUT2D eigenvalue weighted by Gasteiger charge is -2.32. The number of sulfonamides is 1. The van der Waals surface area contributed by atoms with Gasteiger partial charge in [0.1, 0.15) is 18.3 Å². The molecule has 0 fully saturated rings. The van der Waals surface area contributed by atoms with E-state index in [-0.39, 0.29) is 23.4 Å². The molecule has 0 saturated carbocycles. The van der Waals surface area contributed by atoms with Gasteiger partial charge in [-0.3, -0.25) is 13.9 Å². The first-order valence-corrected chi connectivity index (χ1v) is 14.8. The van der Waals surface area contributed by atoms with Crippen LogP contribution in [0.15, 0.2) is 77.7 Å². The molecule has 3 aromatic carbocycles. The highest BCUT2D eigenvalue weighted by Crippen LogP contribution is 2.27. The minimum absolute atomic E-state index is 0.0644. The Kier molecular flexibility index (Phi) is 10.3. The summed E-state index contributed by atoms with van der Waals surface area (Å²) in [6.45, 7) is 9.01. The number of hydrogen-bond donors (Lipinski definition) is 1. The van der Waals surface area contributed by atoms with Crippen LogP contribution in [-0.2, 0) is 26.2 Å². The molecule has 2 atom stereocenters. The zero-order valence-electron chi connectivity index (χ0n) is 24.0. The van der Waals surface area contributed by atoms with Crippen molar-refractivity contribution in [1.29, 1.82) is 0 Å². The summed E-state index contributed by atoms with van der Waals surface area (Å²) in [5.41, 5.74) is 3.08. The predicted octanol–water partition coefficient (Wildman–Crippen LogP) is 4.84. The zero-order chi connectivity index (χ0) is 29.4. The summed E-state index contributed by atoms with van der Waals surface area (Å²) >= 11 is 0. The first-order chi connectivity index (χ1) is 19.0. The van der Waals surface area contributed by atoms with Crippen molar-refractivity contribution in [3.8, 4) is 5.75 Å². The van der Waals surface area contributed by atoms with E-state index in [4.69, 9.17) is 4.74 Å². The van der Waals surface area contributed by atoms with Gasteiger partial charge in [0, 0.05) is 12.6 Å². The van der Waals surface area contributed by atoms with Crippen molar-refractivity contribution in [2.75, 3.05) is 18.0 Å². The second-order valence-corrected chi connectivity index (χ2v) is 11.9. The van der Waals surface area contributed by atoms with Crippen LogP contribution in [0.5, 0.6) is 5.75 Å². The Labute approximate surface area is 238 Å². The van der Waals surface area contributed by atoms with Crippen molar-refractivity contribution in [1.82, 2.24) is 10.2 Å². The number of nitrogens with one attached hydrogen (secondary N) is 1. The lowest BCUT2D eigenvalue weighted by atomic mass is 10.1. The third-order valence-electron chi connectivity index (χ3n) is 6.85. The molecule has 1 N–H and O–H groups in total. The van der Waals surface area contributed by atoms with Crippen LogP contribution in [-0.4, -0.2) is 50.9 Å². The van der Waals surface area contributed by atoms with Gasteiger partial charge < -0.3 is 15.0 Å². The Morgan fingerprint density at radius 2 is 1.57 bits per heavy atom. The molecule has 0 aliphatic carbocycles. The lowest BCUT2D eigenvalue weighted by Crippen LogP contribution is -2.52. The summed E-state index contributed by atoms with van der Waals surface area (Å²) in [4.78, 5) is 28.6. The Morgan fingerprint density at radius 3 is 2.15 bits per heavy atom. The van der Waals surface area contributed by atoms with Crippen LogP contribution < -0.4 is 14.4 Å². The predicted molar refractivity (Wildman–Crippen MR) is 158 cm³/mol. The maximum atomic E-state index is 14.0. The molecule has 0 aromatic heterocycles. The summed E-state index contributed by atoms with van der Waals surface area (Å²) < 4.78 is 34.1. The molecular weight excluding hydrogens is 526 g/mol. The Balaban J connectivity index is 2.03. The summed E-state index contributed by atoms with van der Waals surface area (Å²) in [7, 11) is -2.60. The molecule has 0 radical (unpaired) electrons. The van der Waals surface area contributed by atoms with E-state index < -0.39 is 28.5 Å². The smallest absolute Gasteiger partial charge is 0.264 e. The molecule has 3 aromatic rings. The monoisotopic (exact) mass is 565 g/mol. The second-order valence-electron chi connectivity index (χ2n) is 10.0. The third kappa shape index (κ3) is 7.63. The molecule has 9 heteroatoms. The number of rotatable bonds is 12. The molecule has 0 aliphatic heterocycles. The van der Waals surface area contributed by atoms with Gasteiger partial charge in [0.25, 0.3) is 10.0 Å². The fraction of sp³-hybridized carbons (Fsp3) is 0.355. The number of methoxy groups -OCH3 is 1. The van der Waals surface area contributed by atoms with Gasteiger partial charge in [-0.05, 0) is 76.1 Å². The van der Waals surface area contributed by atoms with E-state index in [9.17, 15) is 18.0 Å². The first kappa shape index (κ1) is 30.7. The number of amides is 2. The zero-order valence-corrected chi connectivity index (χ0v) is 24.9. The summed E-state index contributed by atoms with van der Waals surface area (Å²) in [6, 6.07) is 19.7. The molecule has 0 bridgehead atoms. The van der Waals surface area contributed by atoms with Crippen LogP contribution in [0.4, 0.5) is 5.69 Å². The van der Waals surface area contributed by atoms with E-state index in [1.807, 2.05) is 52.0 Å². The second kappa shape index (κ2) is 13.5. The molecule has 2 amide bonds. The molecule has 0 unspecified atom stereocenters. The van der Waals surface area contributed by atoms with Gasteiger partial charge in [0.2, 0.25) is 11.8 Å². The summed E-state index contributed by atoms with van der Waals surface area (Å²) in [6.07, 6.45) is 0.740. The highest BCUT2D eigenvalue weighted by molar-refractivity contribution is 7.92. The normalized spacial score (nSPS) is 12.8. The molecule has 0 heterocycles. The van der Waals surface area contributed by atoms with Gasteiger partial charge in [-0.15, -0.1) is 0 Å². The molecule has 214 valence electrons. The third-order valence-corrected chi connectivity index (χ3v) is 8.64. The van der Waals surface area contributed by atoms with Crippen LogP contribution >= 0.6 is 0 Å². The van der Waals surface area contributed by atoms with E-state index >= 15 is 0 Å². The Hall–Kier alpha value is -3.85. The number of carbonyl (C=O) groups is 2. The van der Waals surface area contributed by atoms with Crippen LogP contribution in [0, 0.1) is 13.8 Å². The van der Waals surface area contributed by atoms with Gasteiger partial charge in [-0.2, -0.15) is 0 Å². The van der Waals surface area contributed by atoms with Crippen molar-refractivity contribution in [3.05, 3.63) is 89.5 Å². The summed E-state index contributed by atoms with van der Waals surface area (Å²) in [5.74, 6) is -0.244. The van der Waals surface area contributed by atoms with Gasteiger partial charge in [-0.1, -0.05) is 54.4 Å². The topological polar surface area (TPSA) is 96.0 Å². The highest BCUT2D eigenvalue weighted by Gasteiger charge is 2.32. The number of ether oxygens (including phenoxy) is 1. The minimum atomic E-state index is -4.12. The molecule has 3 rings (SSSR count). The first-order valence-electron chi connectivity index (χ1n) is 13.3. The minimum Gasteiger partial charge on any atom is -0.497 e. The summed E-state index contributed by atoms with van der Waals surface area (Å²) in [5, 5.41) is 2.94. The average Bonchev–Trinajstić information content (AvgIpc) is 2.94. The number of hydrogen-bond acceptors (Lipinski definition) is 5. The van der Waals surface area contributed by atoms with Crippen LogP contribution in [0.2, 0.25) is 0 Å². The van der Waals surface area contributed by atoms with E-state index in [1.165, 1.54) is 24.1 Å². The van der Waals surface area contributed by atoms with Gasteiger partial charge in [0.05, 0.1) is 17.7 Å². The van der Waals surface area contributed by atoms with Gasteiger partial charge in [-0.25, -0.2) is 8.42 Å². The maximum absolute atomic E-state index is 14.0. The van der Waals surface area contributed by atoms with Crippen molar-refractivity contribution in [3.63, 3.8) is 0 Å². The van der Waals surface area contributed by atoms with E-state index in [0.717, 1.165) is 27.4 Å². The van der Waals surface area contributed by atoms with Crippen molar-refractivity contribution in [2.24, 2.45) is 0 Å². The largest absolute Gasteiger partial charge is 0.497 e. The molecule has 40 heavy (non-hydrogen) atoms.